The molecule has 0 atom stereocenters. The number of amides is 1. The fraction of sp³-hybridized carbons (Fsp3) is 0.188. The topological polar surface area (TPSA) is 64.3 Å². The molecule has 0 fully saturated rings. The van der Waals surface area contributed by atoms with E-state index in [9.17, 15) is 9.18 Å². The fourth-order valence-corrected chi connectivity index (χ4v) is 1.94. The Labute approximate surface area is 122 Å². The first-order valence-corrected chi connectivity index (χ1v) is 6.65. The molecule has 0 aliphatic heterocycles. The smallest absolute Gasteiger partial charge is 0.251 e. The summed E-state index contributed by atoms with van der Waals surface area (Å²) in [5.74, 6) is -0.602. The SMILES string of the molecule is CCOc1cccc(CNc2ccc(F)c(C(N)=O)c2)c1. The highest BCUT2D eigenvalue weighted by Crippen LogP contribution is 2.17. The van der Waals surface area contributed by atoms with Gasteiger partial charge in [0.2, 0.25) is 0 Å². The van der Waals surface area contributed by atoms with Gasteiger partial charge in [0.1, 0.15) is 11.6 Å². The van der Waals surface area contributed by atoms with Gasteiger partial charge in [0.25, 0.3) is 5.91 Å². The molecule has 2 rings (SSSR count). The molecule has 0 heterocycles. The summed E-state index contributed by atoms with van der Waals surface area (Å²) in [6.07, 6.45) is 0. The summed E-state index contributed by atoms with van der Waals surface area (Å²) in [6.45, 7) is 3.07. The molecule has 0 radical (unpaired) electrons. The van der Waals surface area contributed by atoms with E-state index < -0.39 is 11.7 Å². The van der Waals surface area contributed by atoms with Crippen molar-refractivity contribution in [1.29, 1.82) is 0 Å². The van der Waals surface area contributed by atoms with Crippen LogP contribution in [-0.2, 0) is 6.54 Å². The van der Waals surface area contributed by atoms with Gasteiger partial charge in [0.15, 0.2) is 0 Å². The molecule has 0 saturated carbocycles. The zero-order valence-corrected chi connectivity index (χ0v) is 11.7. The van der Waals surface area contributed by atoms with Crippen molar-refractivity contribution in [2.24, 2.45) is 5.73 Å². The minimum Gasteiger partial charge on any atom is -0.494 e. The van der Waals surface area contributed by atoms with Gasteiger partial charge in [-0.15, -0.1) is 0 Å². The second kappa shape index (κ2) is 6.74. The normalized spacial score (nSPS) is 10.2. The van der Waals surface area contributed by atoms with Gasteiger partial charge in [-0.3, -0.25) is 4.79 Å². The van der Waals surface area contributed by atoms with Crippen LogP contribution in [0.4, 0.5) is 10.1 Å². The Bertz CT molecular complexity index is 644. The number of carbonyl (C=O) groups excluding carboxylic acids is 1. The van der Waals surface area contributed by atoms with Crippen molar-refractivity contribution in [2.75, 3.05) is 11.9 Å². The van der Waals surface area contributed by atoms with Gasteiger partial charge >= 0.3 is 0 Å². The van der Waals surface area contributed by atoms with Crippen LogP contribution in [-0.4, -0.2) is 12.5 Å². The van der Waals surface area contributed by atoms with Crippen molar-refractivity contribution < 1.29 is 13.9 Å². The average molecular weight is 288 g/mol. The third-order valence-corrected chi connectivity index (χ3v) is 2.94. The van der Waals surface area contributed by atoms with Crippen LogP contribution in [0, 0.1) is 5.82 Å². The van der Waals surface area contributed by atoms with Gasteiger partial charge in [-0.2, -0.15) is 0 Å². The second-order valence-electron chi connectivity index (χ2n) is 4.49. The van der Waals surface area contributed by atoms with Crippen LogP contribution in [0.3, 0.4) is 0 Å². The van der Waals surface area contributed by atoms with Gasteiger partial charge in [0, 0.05) is 12.2 Å². The first-order valence-electron chi connectivity index (χ1n) is 6.65. The van der Waals surface area contributed by atoms with Crippen LogP contribution in [0.15, 0.2) is 42.5 Å². The molecule has 0 aliphatic rings. The number of rotatable bonds is 6. The maximum absolute atomic E-state index is 13.4. The Morgan fingerprint density at radius 1 is 1.29 bits per heavy atom. The maximum Gasteiger partial charge on any atom is 0.251 e. The molecule has 0 aliphatic carbocycles. The van der Waals surface area contributed by atoms with Gasteiger partial charge in [-0.05, 0) is 42.8 Å². The first-order chi connectivity index (χ1) is 10.1. The molecule has 110 valence electrons. The fourth-order valence-electron chi connectivity index (χ4n) is 1.94. The van der Waals surface area contributed by atoms with E-state index in [4.69, 9.17) is 10.5 Å². The first kappa shape index (κ1) is 14.8. The number of benzene rings is 2. The molecule has 21 heavy (non-hydrogen) atoms. The molecule has 1 amide bonds. The van der Waals surface area contributed by atoms with Crippen LogP contribution >= 0.6 is 0 Å². The van der Waals surface area contributed by atoms with Crippen LogP contribution in [0.2, 0.25) is 0 Å². The van der Waals surface area contributed by atoms with Crippen molar-refractivity contribution >= 4 is 11.6 Å². The van der Waals surface area contributed by atoms with Gasteiger partial charge < -0.3 is 15.8 Å². The van der Waals surface area contributed by atoms with Crippen molar-refractivity contribution in [1.82, 2.24) is 0 Å². The van der Waals surface area contributed by atoms with Crippen LogP contribution in [0.1, 0.15) is 22.8 Å². The van der Waals surface area contributed by atoms with Gasteiger partial charge in [0.05, 0.1) is 12.2 Å². The van der Waals surface area contributed by atoms with Crippen molar-refractivity contribution in [2.45, 2.75) is 13.5 Å². The number of carbonyl (C=O) groups is 1. The largest absolute Gasteiger partial charge is 0.494 e. The molecule has 0 saturated heterocycles. The van der Waals surface area contributed by atoms with Crippen molar-refractivity contribution in [3.05, 3.63) is 59.4 Å². The highest BCUT2D eigenvalue weighted by molar-refractivity contribution is 5.94. The van der Waals surface area contributed by atoms with Crippen LogP contribution in [0.25, 0.3) is 0 Å². The quantitative estimate of drug-likeness (QED) is 0.859. The monoisotopic (exact) mass is 288 g/mol. The molecule has 3 N–H and O–H groups in total. The molecular weight excluding hydrogens is 271 g/mol. The lowest BCUT2D eigenvalue weighted by atomic mass is 10.1. The lowest BCUT2D eigenvalue weighted by Crippen LogP contribution is -2.13. The number of hydrogen-bond donors (Lipinski definition) is 2. The summed E-state index contributed by atoms with van der Waals surface area (Å²) in [5.41, 5.74) is 6.65. The number of nitrogens with one attached hydrogen (secondary N) is 1. The number of anilines is 1. The minimum atomic E-state index is -0.783. The average Bonchev–Trinajstić information content (AvgIpc) is 2.47. The number of nitrogens with two attached hydrogens (primary N) is 1. The summed E-state index contributed by atoms with van der Waals surface area (Å²) in [6, 6.07) is 11.9. The van der Waals surface area contributed by atoms with E-state index in [0.717, 1.165) is 11.3 Å². The highest BCUT2D eigenvalue weighted by atomic mass is 19.1. The summed E-state index contributed by atoms with van der Waals surface area (Å²) in [5, 5.41) is 3.12. The third-order valence-electron chi connectivity index (χ3n) is 2.94. The number of hydrogen-bond acceptors (Lipinski definition) is 3. The summed E-state index contributed by atoms with van der Waals surface area (Å²) < 4.78 is 18.8. The van der Waals surface area contributed by atoms with E-state index in [1.807, 2.05) is 31.2 Å². The molecule has 0 bridgehead atoms. The Morgan fingerprint density at radius 3 is 2.81 bits per heavy atom. The predicted molar refractivity (Wildman–Crippen MR) is 79.9 cm³/mol. The van der Waals surface area contributed by atoms with E-state index in [2.05, 4.69) is 5.32 Å². The molecule has 0 unspecified atom stereocenters. The van der Waals surface area contributed by atoms with Crippen LogP contribution < -0.4 is 15.8 Å². The molecule has 4 nitrogen and oxygen atoms in total. The summed E-state index contributed by atoms with van der Waals surface area (Å²) >= 11 is 0. The number of primary amides is 1. The zero-order valence-electron chi connectivity index (χ0n) is 11.7. The molecule has 2 aromatic rings. The molecule has 0 aromatic heterocycles. The lowest BCUT2D eigenvalue weighted by molar-refractivity contribution is 0.0996. The molecular formula is C16H17FN2O2. The summed E-state index contributed by atoms with van der Waals surface area (Å²) in [7, 11) is 0. The predicted octanol–water partition coefficient (Wildman–Crippen LogP) is 2.94. The minimum absolute atomic E-state index is 0.122. The Balaban J connectivity index is 2.07. The standard InChI is InChI=1S/C16H17FN2O2/c1-2-21-13-5-3-4-11(8-13)10-19-12-6-7-15(17)14(9-12)16(18)20/h3-9,19H,2,10H2,1H3,(H2,18,20). The maximum atomic E-state index is 13.4. The van der Waals surface area contributed by atoms with Crippen molar-refractivity contribution in [3.8, 4) is 5.75 Å². The lowest BCUT2D eigenvalue weighted by Gasteiger charge is -2.10. The Hall–Kier alpha value is -2.56. The highest BCUT2D eigenvalue weighted by Gasteiger charge is 2.08. The van der Waals surface area contributed by atoms with Crippen LogP contribution in [0.5, 0.6) is 5.75 Å². The van der Waals surface area contributed by atoms with Gasteiger partial charge in [-0.1, -0.05) is 12.1 Å². The van der Waals surface area contributed by atoms with Crippen molar-refractivity contribution in [3.63, 3.8) is 0 Å². The van der Waals surface area contributed by atoms with E-state index in [1.165, 1.54) is 12.1 Å². The summed E-state index contributed by atoms with van der Waals surface area (Å²) in [4.78, 5) is 11.1. The van der Waals surface area contributed by atoms with E-state index in [-0.39, 0.29) is 5.56 Å². The molecule has 2 aromatic carbocycles. The second-order valence-corrected chi connectivity index (χ2v) is 4.49. The van der Waals surface area contributed by atoms with E-state index >= 15 is 0 Å². The van der Waals surface area contributed by atoms with E-state index in [0.29, 0.717) is 18.8 Å². The Kier molecular flexibility index (Phi) is 4.77. The Morgan fingerprint density at radius 2 is 2.10 bits per heavy atom. The zero-order chi connectivity index (χ0) is 15.2. The number of halogens is 1. The molecule has 5 heteroatoms. The number of ether oxygens (including phenoxy) is 1. The third kappa shape index (κ3) is 3.95. The van der Waals surface area contributed by atoms with Gasteiger partial charge in [-0.25, -0.2) is 4.39 Å². The van der Waals surface area contributed by atoms with E-state index in [1.54, 1.807) is 6.07 Å². The molecule has 0 spiro atoms.